The van der Waals surface area contributed by atoms with Gasteiger partial charge in [0, 0.05) is 6.54 Å². The normalized spacial score (nSPS) is 12.8. The maximum absolute atomic E-state index is 12.9. The van der Waals surface area contributed by atoms with E-state index in [1.807, 2.05) is 42.6 Å². The molecule has 4 rings (SSSR count). The number of fused-ring (bicyclic) bond motifs is 1. The molecule has 0 saturated heterocycles. The van der Waals surface area contributed by atoms with Crippen molar-refractivity contribution in [1.29, 1.82) is 0 Å². The Bertz CT molecular complexity index is 939. The van der Waals surface area contributed by atoms with Crippen LogP contribution >= 0.6 is 11.3 Å². The lowest BCUT2D eigenvalue weighted by Crippen LogP contribution is -2.32. The van der Waals surface area contributed by atoms with Gasteiger partial charge in [0.25, 0.3) is 5.89 Å². The van der Waals surface area contributed by atoms with E-state index in [2.05, 4.69) is 10.2 Å². The third-order valence-corrected chi connectivity index (χ3v) is 5.19. The number of ether oxygens (including phenoxy) is 2. The molecule has 1 amide bonds. The second kappa shape index (κ2) is 8.43. The van der Waals surface area contributed by atoms with Crippen molar-refractivity contribution in [1.82, 2.24) is 15.1 Å². The summed E-state index contributed by atoms with van der Waals surface area (Å²) in [6.07, 6.45) is 1.13. The van der Waals surface area contributed by atoms with Gasteiger partial charge >= 0.3 is 0 Å². The largest absolute Gasteiger partial charge is 0.486 e. The molecule has 8 heteroatoms. The summed E-state index contributed by atoms with van der Waals surface area (Å²) in [5.41, 5.74) is 0.889. The highest BCUT2D eigenvalue weighted by Crippen LogP contribution is 2.31. The Kier molecular flexibility index (Phi) is 5.57. The standard InChI is InChI=1S/C20H21N3O4S/c1-2-7-23(13-18-21-22-20(27-18)17-4-3-10-28-17)19(24)12-14-5-6-15-16(11-14)26-9-8-25-15/h3-6,10-11H,2,7-9,12-13H2,1H3. The number of hydrogen-bond donors (Lipinski definition) is 0. The van der Waals surface area contributed by atoms with E-state index in [0.717, 1.165) is 22.6 Å². The summed E-state index contributed by atoms with van der Waals surface area (Å²) in [7, 11) is 0. The Morgan fingerprint density at radius 3 is 2.82 bits per heavy atom. The van der Waals surface area contributed by atoms with Crippen molar-refractivity contribution in [2.75, 3.05) is 19.8 Å². The molecule has 0 unspecified atom stereocenters. The number of thiophene rings is 1. The van der Waals surface area contributed by atoms with Crippen LogP contribution in [-0.4, -0.2) is 40.8 Å². The number of hydrogen-bond acceptors (Lipinski definition) is 7. The molecule has 7 nitrogen and oxygen atoms in total. The summed E-state index contributed by atoms with van der Waals surface area (Å²) in [5.74, 6) is 2.35. The first-order valence-corrected chi connectivity index (χ1v) is 10.1. The second-order valence-corrected chi connectivity index (χ2v) is 7.40. The molecule has 1 aliphatic rings. The fourth-order valence-corrected chi connectivity index (χ4v) is 3.67. The van der Waals surface area contributed by atoms with Gasteiger partial charge < -0.3 is 18.8 Å². The highest BCUT2D eigenvalue weighted by molar-refractivity contribution is 7.13. The van der Waals surface area contributed by atoms with Gasteiger partial charge in [-0.1, -0.05) is 19.1 Å². The summed E-state index contributed by atoms with van der Waals surface area (Å²) < 4.78 is 16.9. The predicted molar refractivity (Wildman–Crippen MR) is 104 cm³/mol. The van der Waals surface area contributed by atoms with Gasteiger partial charge in [-0.3, -0.25) is 4.79 Å². The number of aromatic nitrogens is 2. The summed E-state index contributed by atoms with van der Waals surface area (Å²) in [4.78, 5) is 15.5. The van der Waals surface area contributed by atoms with Crippen molar-refractivity contribution in [3.63, 3.8) is 0 Å². The zero-order valence-corrected chi connectivity index (χ0v) is 16.4. The Balaban J connectivity index is 1.44. The molecule has 0 radical (unpaired) electrons. The van der Waals surface area contributed by atoms with Crippen LogP contribution in [0.15, 0.2) is 40.1 Å². The predicted octanol–water partition coefficient (Wildman–Crippen LogP) is 3.55. The van der Waals surface area contributed by atoms with E-state index in [4.69, 9.17) is 13.9 Å². The van der Waals surface area contributed by atoms with Crippen LogP contribution in [-0.2, 0) is 17.8 Å². The molecule has 0 fully saturated rings. The Labute approximate surface area is 166 Å². The van der Waals surface area contributed by atoms with Crippen molar-refractivity contribution in [2.45, 2.75) is 26.3 Å². The van der Waals surface area contributed by atoms with Crippen LogP contribution in [0.2, 0.25) is 0 Å². The quantitative estimate of drug-likeness (QED) is 0.605. The molecule has 28 heavy (non-hydrogen) atoms. The molecular weight excluding hydrogens is 378 g/mol. The van der Waals surface area contributed by atoms with Gasteiger partial charge in [-0.15, -0.1) is 21.5 Å². The summed E-state index contributed by atoms with van der Waals surface area (Å²) >= 11 is 1.54. The molecule has 0 spiro atoms. The highest BCUT2D eigenvalue weighted by atomic mass is 32.1. The molecule has 2 aromatic heterocycles. The summed E-state index contributed by atoms with van der Waals surface area (Å²) in [5, 5.41) is 10.1. The zero-order chi connectivity index (χ0) is 19.3. The summed E-state index contributed by atoms with van der Waals surface area (Å²) in [6, 6.07) is 9.49. The van der Waals surface area contributed by atoms with Crippen LogP contribution in [0.5, 0.6) is 11.5 Å². The maximum atomic E-state index is 12.9. The SMILES string of the molecule is CCCN(Cc1nnc(-c2cccs2)o1)C(=O)Cc1ccc2c(c1)OCCO2. The molecule has 146 valence electrons. The van der Waals surface area contributed by atoms with E-state index < -0.39 is 0 Å². The van der Waals surface area contributed by atoms with Gasteiger partial charge in [-0.25, -0.2) is 0 Å². The maximum Gasteiger partial charge on any atom is 0.257 e. The molecule has 0 bridgehead atoms. The van der Waals surface area contributed by atoms with Gasteiger partial charge in [-0.2, -0.15) is 0 Å². The molecule has 3 aromatic rings. The van der Waals surface area contributed by atoms with Crippen LogP contribution in [0, 0.1) is 0 Å². The number of amides is 1. The Hall–Kier alpha value is -2.87. The minimum absolute atomic E-state index is 0.00871. The number of nitrogens with zero attached hydrogens (tertiary/aromatic N) is 3. The smallest absolute Gasteiger partial charge is 0.257 e. The number of carbonyl (C=O) groups excluding carboxylic acids is 1. The molecule has 0 saturated carbocycles. The number of rotatable bonds is 7. The van der Waals surface area contributed by atoms with E-state index in [0.29, 0.717) is 43.8 Å². The lowest BCUT2D eigenvalue weighted by molar-refractivity contribution is -0.131. The van der Waals surface area contributed by atoms with Gasteiger partial charge in [0.15, 0.2) is 11.5 Å². The minimum Gasteiger partial charge on any atom is -0.486 e. The number of carbonyl (C=O) groups is 1. The fourth-order valence-electron chi connectivity index (χ4n) is 3.03. The van der Waals surface area contributed by atoms with Gasteiger partial charge in [-0.05, 0) is 35.6 Å². The van der Waals surface area contributed by atoms with Gasteiger partial charge in [0.2, 0.25) is 11.8 Å². The lowest BCUT2D eigenvalue weighted by Gasteiger charge is -2.21. The first kappa shape index (κ1) is 18.5. The van der Waals surface area contributed by atoms with Crippen molar-refractivity contribution in [3.8, 4) is 22.3 Å². The van der Waals surface area contributed by atoms with Crippen molar-refractivity contribution < 1.29 is 18.7 Å². The average Bonchev–Trinajstić information content (AvgIpc) is 3.39. The van der Waals surface area contributed by atoms with Crippen LogP contribution in [0.1, 0.15) is 24.8 Å². The zero-order valence-electron chi connectivity index (χ0n) is 15.6. The monoisotopic (exact) mass is 399 g/mol. The third-order valence-electron chi connectivity index (χ3n) is 4.33. The van der Waals surface area contributed by atoms with Crippen LogP contribution < -0.4 is 9.47 Å². The summed E-state index contributed by atoms with van der Waals surface area (Å²) in [6.45, 7) is 4.04. The van der Waals surface area contributed by atoms with Crippen molar-refractivity contribution >= 4 is 17.2 Å². The molecule has 1 aromatic carbocycles. The number of benzene rings is 1. The molecular formula is C20H21N3O4S. The molecule has 0 atom stereocenters. The van der Waals surface area contributed by atoms with Crippen LogP contribution in [0.3, 0.4) is 0 Å². The van der Waals surface area contributed by atoms with E-state index >= 15 is 0 Å². The van der Waals surface area contributed by atoms with E-state index in [1.54, 1.807) is 4.90 Å². The lowest BCUT2D eigenvalue weighted by atomic mass is 10.1. The topological polar surface area (TPSA) is 77.7 Å². The Morgan fingerprint density at radius 1 is 1.18 bits per heavy atom. The Morgan fingerprint density at radius 2 is 2.04 bits per heavy atom. The average molecular weight is 399 g/mol. The van der Waals surface area contributed by atoms with Crippen LogP contribution in [0.4, 0.5) is 0 Å². The van der Waals surface area contributed by atoms with Crippen molar-refractivity contribution in [3.05, 3.63) is 47.2 Å². The van der Waals surface area contributed by atoms with Crippen LogP contribution in [0.25, 0.3) is 10.8 Å². The van der Waals surface area contributed by atoms with Gasteiger partial charge in [0.05, 0.1) is 17.8 Å². The van der Waals surface area contributed by atoms with E-state index in [1.165, 1.54) is 11.3 Å². The molecule has 1 aliphatic heterocycles. The molecule has 3 heterocycles. The van der Waals surface area contributed by atoms with E-state index in [-0.39, 0.29) is 12.3 Å². The molecule has 0 N–H and O–H groups in total. The third kappa shape index (κ3) is 4.17. The van der Waals surface area contributed by atoms with E-state index in [9.17, 15) is 4.79 Å². The van der Waals surface area contributed by atoms with Crippen molar-refractivity contribution in [2.24, 2.45) is 0 Å². The second-order valence-electron chi connectivity index (χ2n) is 6.45. The fraction of sp³-hybridized carbons (Fsp3) is 0.350. The highest BCUT2D eigenvalue weighted by Gasteiger charge is 2.19. The van der Waals surface area contributed by atoms with Gasteiger partial charge in [0.1, 0.15) is 13.2 Å². The first-order valence-electron chi connectivity index (χ1n) is 9.25. The first-order chi connectivity index (χ1) is 13.7. The minimum atomic E-state index is 0.00871. The molecule has 0 aliphatic carbocycles.